The lowest BCUT2D eigenvalue weighted by molar-refractivity contribution is -0.385. The van der Waals surface area contributed by atoms with Gasteiger partial charge in [0.2, 0.25) is 5.16 Å². The summed E-state index contributed by atoms with van der Waals surface area (Å²) in [6.07, 6.45) is 1.31. The summed E-state index contributed by atoms with van der Waals surface area (Å²) >= 11 is 0.844. The highest BCUT2D eigenvalue weighted by Gasteiger charge is 2.17. The quantitative estimate of drug-likeness (QED) is 0.355. The Hall–Kier alpha value is -2.88. The molecule has 0 aliphatic carbocycles. The van der Waals surface area contributed by atoms with Crippen molar-refractivity contribution in [2.45, 2.75) is 12.1 Å². The van der Waals surface area contributed by atoms with E-state index in [9.17, 15) is 20.0 Å². The van der Waals surface area contributed by atoms with Gasteiger partial charge in [0, 0.05) is 6.07 Å². The summed E-state index contributed by atoms with van der Waals surface area (Å²) in [6.45, 7) is 1.69. The zero-order valence-corrected chi connectivity index (χ0v) is 13.0. The van der Waals surface area contributed by atoms with Crippen molar-refractivity contribution >= 4 is 29.5 Å². The van der Waals surface area contributed by atoms with Crippen LogP contribution in [-0.2, 0) is 4.79 Å². The van der Waals surface area contributed by atoms with E-state index in [2.05, 4.69) is 15.2 Å². The molecule has 0 fully saturated rings. The Balaban J connectivity index is 2.37. The molecule has 0 bridgehead atoms. The number of H-pyrrole nitrogens is 1. The predicted octanol–water partition coefficient (Wildman–Crippen LogP) is 2.25. The molecule has 23 heavy (non-hydrogen) atoms. The maximum Gasteiger partial charge on any atom is 0.342 e. The molecule has 1 aromatic carbocycles. The van der Waals surface area contributed by atoms with E-state index >= 15 is 0 Å². The number of nitrogens with zero attached hydrogens (tertiary/aromatic N) is 3. The summed E-state index contributed by atoms with van der Waals surface area (Å²) in [4.78, 5) is 25.7. The van der Waals surface area contributed by atoms with Crippen LogP contribution in [0.15, 0.2) is 28.3 Å². The Morgan fingerprint density at radius 3 is 2.78 bits per heavy atom. The number of aryl methyl sites for hydroxylation is 1. The molecule has 9 nitrogen and oxygen atoms in total. The first kappa shape index (κ1) is 16.5. The number of carboxylic acids is 1. The van der Waals surface area contributed by atoms with Gasteiger partial charge in [-0.15, -0.1) is 5.10 Å². The van der Waals surface area contributed by atoms with Crippen LogP contribution in [0.1, 0.15) is 11.4 Å². The number of hydrogen-bond acceptors (Lipinski definition) is 7. The van der Waals surface area contributed by atoms with Crippen molar-refractivity contribution in [1.82, 2.24) is 15.2 Å². The highest BCUT2D eigenvalue weighted by atomic mass is 32.2. The molecule has 0 atom stereocenters. The Kier molecular flexibility index (Phi) is 4.96. The van der Waals surface area contributed by atoms with Crippen LogP contribution in [0.25, 0.3) is 6.08 Å². The summed E-state index contributed by atoms with van der Waals surface area (Å²) in [5, 5.41) is 27.0. The first-order chi connectivity index (χ1) is 10.9. The van der Waals surface area contributed by atoms with Gasteiger partial charge in [0.1, 0.15) is 10.7 Å². The molecule has 10 heteroatoms. The molecule has 0 spiro atoms. The first-order valence-corrected chi connectivity index (χ1v) is 7.06. The van der Waals surface area contributed by atoms with Crippen molar-refractivity contribution in [3.8, 4) is 5.75 Å². The van der Waals surface area contributed by atoms with Gasteiger partial charge in [-0.05, 0) is 36.4 Å². The number of hydrogen-bond donors (Lipinski definition) is 2. The van der Waals surface area contributed by atoms with Crippen molar-refractivity contribution < 1.29 is 19.6 Å². The van der Waals surface area contributed by atoms with Crippen LogP contribution in [0, 0.1) is 17.0 Å². The van der Waals surface area contributed by atoms with Gasteiger partial charge in [-0.1, -0.05) is 6.07 Å². The summed E-state index contributed by atoms with van der Waals surface area (Å²) in [5.74, 6) is -0.533. The number of rotatable bonds is 6. The number of aliphatic carboxylic acids is 1. The predicted molar refractivity (Wildman–Crippen MR) is 82.2 cm³/mol. The fraction of sp³-hybridized carbons (Fsp3) is 0.154. The Morgan fingerprint density at radius 1 is 1.52 bits per heavy atom. The zero-order valence-electron chi connectivity index (χ0n) is 12.1. The third-order valence-electron chi connectivity index (χ3n) is 2.69. The molecule has 0 saturated heterocycles. The van der Waals surface area contributed by atoms with Crippen LogP contribution in [0.4, 0.5) is 5.69 Å². The van der Waals surface area contributed by atoms with Gasteiger partial charge in [-0.2, -0.15) is 0 Å². The second-order valence-electron chi connectivity index (χ2n) is 4.31. The highest BCUT2D eigenvalue weighted by Crippen LogP contribution is 2.30. The van der Waals surface area contributed by atoms with Crippen LogP contribution < -0.4 is 4.74 Å². The summed E-state index contributed by atoms with van der Waals surface area (Å²) in [6, 6.07) is 4.18. The lowest BCUT2D eigenvalue weighted by atomic mass is 10.1. The SMILES string of the molecule is COc1ccc(/C=C(\Sc2n[nH]c(C)n2)C(=O)O)cc1[N+](=O)[O-]. The van der Waals surface area contributed by atoms with E-state index in [1.807, 2.05) is 0 Å². The van der Waals surface area contributed by atoms with Crippen LogP contribution >= 0.6 is 11.8 Å². The molecule has 0 amide bonds. The van der Waals surface area contributed by atoms with Crippen molar-refractivity contribution in [2.24, 2.45) is 0 Å². The lowest BCUT2D eigenvalue weighted by Gasteiger charge is -2.03. The van der Waals surface area contributed by atoms with Crippen LogP contribution in [0.2, 0.25) is 0 Å². The Labute approximate surface area is 134 Å². The zero-order chi connectivity index (χ0) is 17.0. The van der Waals surface area contributed by atoms with Gasteiger partial charge in [0.15, 0.2) is 5.75 Å². The van der Waals surface area contributed by atoms with E-state index in [4.69, 9.17) is 4.74 Å². The average molecular weight is 336 g/mol. The van der Waals surface area contributed by atoms with E-state index in [0.717, 1.165) is 11.8 Å². The molecule has 2 N–H and O–H groups in total. The fourth-order valence-corrected chi connectivity index (χ4v) is 2.44. The molecule has 2 aromatic rings. The van der Waals surface area contributed by atoms with Gasteiger partial charge in [-0.25, -0.2) is 9.78 Å². The van der Waals surface area contributed by atoms with Crippen LogP contribution in [-0.4, -0.2) is 38.3 Å². The van der Waals surface area contributed by atoms with Gasteiger partial charge in [0.25, 0.3) is 0 Å². The number of nitrogens with one attached hydrogen (secondary N) is 1. The minimum atomic E-state index is -1.18. The number of nitro benzene ring substituents is 1. The molecular formula is C13H12N4O5S. The standard InChI is InChI=1S/C13H12N4O5S/c1-7-14-13(16-15-7)23-11(12(18)19)6-8-3-4-10(22-2)9(5-8)17(20)21/h3-6H,1-2H3,(H,18,19)(H,14,15,16)/b11-6-. The van der Waals surface area contributed by atoms with Gasteiger partial charge in [-0.3, -0.25) is 15.2 Å². The summed E-state index contributed by atoms with van der Waals surface area (Å²) in [7, 11) is 1.32. The third kappa shape index (κ3) is 4.07. The molecule has 1 aromatic heterocycles. The second kappa shape index (κ2) is 6.92. The first-order valence-electron chi connectivity index (χ1n) is 6.25. The summed E-state index contributed by atoms with van der Waals surface area (Å²) in [5.41, 5.74) is 0.111. The van der Waals surface area contributed by atoms with Crippen molar-refractivity contribution in [1.29, 1.82) is 0 Å². The van der Waals surface area contributed by atoms with E-state index < -0.39 is 10.9 Å². The molecular weight excluding hydrogens is 324 g/mol. The third-order valence-corrected chi connectivity index (χ3v) is 3.56. The summed E-state index contributed by atoms with van der Waals surface area (Å²) < 4.78 is 4.90. The molecule has 0 saturated carbocycles. The molecule has 120 valence electrons. The molecule has 0 unspecified atom stereocenters. The molecule has 0 aliphatic rings. The van der Waals surface area contributed by atoms with Gasteiger partial charge in [0.05, 0.1) is 12.0 Å². The maximum atomic E-state index is 11.3. The number of carboxylic acid groups (broad SMARTS) is 1. The Bertz CT molecular complexity index is 786. The molecule has 1 heterocycles. The monoisotopic (exact) mass is 336 g/mol. The normalized spacial score (nSPS) is 11.3. The topological polar surface area (TPSA) is 131 Å². The molecule has 2 rings (SSSR count). The number of ether oxygens (including phenoxy) is 1. The van der Waals surface area contributed by atoms with E-state index in [1.165, 1.54) is 31.4 Å². The minimum Gasteiger partial charge on any atom is -0.490 e. The van der Waals surface area contributed by atoms with Crippen LogP contribution in [0.3, 0.4) is 0 Å². The van der Waals surface area contributed by atoms with Gasteiger partial charge < -0.3 is 9.84 Å². The van der Waals surface area contributed by atoms with Crippen molar-refractivity contribution in [3.05, 3.63) is 44.6 Å². The van der Waals surface area contributed by atoms with E-state index in [1.54, 1.807) is 6.92 Å². The van der Waals surface area contributed by atoms with Crippen LogP contribution in [0.5, 0.6) is 5.75 Å². The highest BCUT2D eigenvalue weighted by molar-refractivity contribution is 8.04. The fourth-order valence-electron chi connectivity index (χ4n) is 1.69. The minimum absolute atomic E-state index is 0.0662. The number of carbonyl (C=O) groups is 1. The number of thioether (sulfide) groups is 1. The largest absolute Gasteiger partial charge is 0.490 e. The smallest absolute Gasteiger partial charge is 0.342 e. The van der Waals surface area contributed by atoms with Crippen molar-refractivity contribution in [2.75, 3.05) is 7.11 Å². The molecule has 0 aliphatic heterocycles. The Morgan fingerprint density at radius 2 is 2.26 bits per heavy atom. The number of aromatic amines is 1. The lowest BCUT2D eigenvalue weighted by Crippen LogP contribution is -1.98. The van der Waals surface area contributed by atoms with Crippen molar-refractivity contribution in [3.63, 3.8) is 0 Å². The number of aromatic nitrogens is 3. The maximum absolute atomic E-state index is 11.3. The van der Waals surface area contributed by atoms with E-state index in [0.29, 0.717) is 11.4 Å². The van der Waals surface area contributed by atoms with E-state index in [-0.39, 0.29) is 21.5 Å². The second-order valence-corrected chi connectivity index (χ2v) is 5.32. The van der Waals surface area contributed by atoms with Gasteiger partial charge >= 0.3 is 11.7 Å². The average Bonchev–Trinajstić information content (AvgIpc) is 2.91. The number of benzene rings is 1. The number of methoxy groups -OCH3 is 1. The molecule has 0 radical (unpaired) electrons. The number of nitro groups is 1.